The van der Waals surface area contributed by atoms with Crippen LogP contribution in [0.2, 0.25) is 0 Å². The Morgan fingerprint density at radius 1 is 1.35 bits per heavy atom. The highest BCUT2D eigenvalue weighted by Gasteiger charge is 2.36. The summed E-state index contributed by atoms with van der Waals surface area (Å²) in [7, 11) is 1.24. The van der Waals surface area contributed by atoms with E-state index < -0.39 is 18.0 Å². The van der Waals surface area contributed by atoms with Gasteiger partial charge in [-0.25, -0.2) is 4.79 Å². The van der Waals surface area contributed by atoms with Crippen molar-refractivity contribution in [1.29, 1.82) is 0 Å². The summed E-state index contributed by atoms with van der Waals surface area (Å²) >= 11 is 3.34. The Balaban J connectivity index is 2.47. The van der Waals surface area contributed by atoms with Crippen molar-refractivity contribution in [3.8, 4) is 0 Å². The van der Waals surface area contributed by atoms with E-state index in [4.69, 9.17) is 9.47 Å². The van der Waals surface area contributed by atoms with Gasteiger partial charge in [0, 0.05) is 16.6 Å². The van der Waals surface area contributed by atoms with Crippen molar-refractivity contribution in [2.45, 2.75) is 26.4 Å². The number of rotatable bonds is 2. The Labute approximate surface area is 142 Å². The number of Topliss-reactive ketones (excluding diaryl/α,β-unsaturated/α-hetero) is 1. The summed E-state index contributed by atoms with van der Waals surface area (Å²) in [4.78, 5) is 38.3. The van der Waals surface area contributed by atoms with Crippen LogP contribution in [0.5, 0.6) is 0 Å². The third kappa shape index (κ3) is 3.72. The van der Waals surface area contributed by atoms with Crippen LogP contribution < -0.4 is 4.90 Å². The number of anilines is 1. The molecule has 0 fully saturated rings. The van der Waals surface area contributed by atoms with E-state index in [1.165, 1.54) is 12.0 Å². The largest absolute Gasteiger partial charge is 0.468 e. The molecule has 0 saturated carbocycles. The first-order chi connectivity index (χ1) is 10.8. The lowest BCUT2D eigenvalue weighted by Crippen LogP contribution is -2.34. The molecule has 0 saturated heterocycles. The Kier molecular flexibility index (Phi) is 5.41. The molecule has 2 rings (SSSR count). The smallest absolute Gasteiger partial charge is 0.414 e. The van der Waals surface area contributed by atoms with Crippen molar-refractivity contribution < 1.29 is 23.9 Å². The van der Waals surface area contributed by atoms with Gasteiger partial charge in [-0.1, -0.05) is 15.9 Å². The minimum Gasteiger partial charge on any atom is -0.468 e. The Morgan fingerprint density at radius 2 is 2.04 bits per heavy atom. The van der Waals surface area contributed by atoms with Crippen LogP contribution >= 0.6 is 15.9 Å². The second-order valence-electron chi connectivity index (χ2n) is 5.47. The van der Waals surface area contributed by atoms with Crippen LogP contribution in [-0.4, -0.2) is 37.6 Å². The summed E-state index contributed by atoms with van der Waals surface area (Å²) in [5.41, 5.74) is 0.739. The summed E-state index contributed by atoms with van der Waals surface area (Å²) in [6.45, 7) is 3.69. The van der Waals surface area contributed by atoms with Gasteiger partial charge in [0.25, 0.3) is 0 Å². The number of fused-ring (bicyclic) bond motifs is 1. The first-order valence-corrected chi connectivity index (χ1v) is 8.04. The maximum absolute atomic E-state index is 12.6. The molecule has 1 unspecified atom stereocenters. The molecule has 0 aromatic heterocycles. The van der Waals surface area contributed by atoms with Crippen molar-refractivity contribution >= 4 is 39.5 Å². The maximum atomic E-state index is 12.6. The van der Waals surface area contributed by atoms with Crippen molar-refractivity contribution in [2.75, 3.05) is 18.6 Å². The number of ketones is 1. The van der Waals surface area contributed by atoms with Crippen LogP contribution in [0.4, 0.5) is 10.5 Å². The monoisotopic (exact) mass is 383 g/mol. The topological polar surface area (TPSA) is 72.9 Å². The lowest BCUT2D eigenvalue weighted by molar-refractivity contribution is -0.143. The molecule has 1 aromatic carbocycles. The van der Waals surface area contributed by atoms with E-state index in [2.05, 4.69) is 15.9 Å². The zero-order chi connectivity index (χ0) is 17.1. The molecule has 0 N–H and O–H groups in total. The number of nitrogens with zero attached hydrogens (tertiary/aromatic N) is 1. The van der Waals surface area contributed by atoms with Crippen LogP contribution in [0.15, 0.2) is 22.7 Å². The van der Waals surface area contributed by atoms with Crippen LogP contribution in [0.3, 0.4) is 0 Å². The van der Waals surface area contributed by atoms with Gasteiger partial charge in [0.1, 0.15) is 5.92 Å². The summed E-state index contributed by atoms with van der Waals surface area (Å²) in [5, 5.41) is 0. The molecule has 124 valence electrons. The predicted octanol–water partition coefficient (Wildman–Crippen LogP) is 3.18. The molecular weight excluding hydrogens is 366 g/mol. The van der Waals surface area contributed by atoms with Gasteiger partial charge < -0.3 is 9.47 Å². The number of benzene rings is 1. The molecule has 1 aromatic rings. The third-order valence-electron chi connectivity index (χ3n) is 3.52. The molecule has 7 heteroatoms. The number of hydrogen-bond acceptors (Lipinski definition) is 5. The molecule has 6 nitrogen and oxygen atoms in total. The van der Waals surface area contributed by atoms with Crippen molar-refractivity contribution in [3.63, 3.8) is 0 Å². The van der Waals surface area contributed by atoms with Crippen LogP contribution in [-0.2, 0) is 14.3 Å². The normalized spacial score (nSPS) is 17.5. The van der Waals surface area contributed by atoms with E-state index in [0.717, 1.165) is 4.47 Å². The van der Waals surface area contributed by atoms with Gasteiger partial charge in [-0.05, 0) is 38.5 Å². The number of ether oxygens (including phenoxy) is 2. The number of hydrogen-bond donors (Lipinski definition) is 0. The standard InChI is InChI=1S/C16H18BrNO5/c1-9(2)23-16(21)18-7-6-12(15(20)22-3)14(19)11-5-4-10(17)8-13(11)18/h4-5,8-9,12H,6-7H2,1-3H3. The molecule has 1 amide bonds. The molecule has 1 heterocycles. The van der Waals surface area contributed by atoms with Crippen molar-refractivity contribution in [3.05, 3.63) is 28.2 Å². The van der Waals surface area contributed by atoms with E-state index in [1.54, 1.807) is 32.0 Å². The van der Waals surface area contributed by atoms with Gasteiger partial charge in [-0.2, -0.15) is 0 Å². The quantitative estimate of drug-likeness (QED) is 0.579. The fourth-order valence-electron chi connectivity index (χ4n) is 2.46. The number of amides is 1. The van der Waals surface area contributed by atoms with Crippen molar-refractivity contribution in [1.82, 2.24) is 0 Å². The molecule has 23 heavy (non-hydrogen) atoms. The molecule has 0 aliphatic carbocycles. The van der Waals surface area contributed by atoms with Gasteiger partial charge in [-0.15, -0.1) is 0 Å². The number of esters is 1. The highest BCUT2D eigenvalue weighted by molar-refractivity contribution is 9.10. The molecule has 0 bridgehead atoms. The molecular formula is C16H18BrNO5. The van der Waals surface area contributed by atoms with Gasteiger partial charge in [-0.3, -0.25) is 14.5 Å². The highest BCUT2D eigenvalue weighted by atomic mass is 79.9. The summed E-state index contributed by atoms with van der Waals surface area (Å²) < 4.78 is 10.7. The zero-order valence-corrected chi connectivity index (χ0v) is 14.8. The SMILES string of the molecule is COC(=O)C1CCN(C(=O)OC(C)C)c2cc(Br)ccc2C1=O. The number of carbonyl (C=O) groups excluding carboxylic acids is 3. The summed E-state index contributed by atoms with van der Waals surface area (Å²) in [5.74, 6) is -1.86. The first-order valence-electron chi connectivity index (χ1n) is 7.25. The molecule has 1 aliphatic heterocycles. The third-order valence-corrected chi connectivity index (χ3v) is 4.01. The van der Waals surface area contributed by atoms with Crippen LogP contribution in [0.25, 0.3) is 0 Å². The fourth-order valence-corrected chi connectivity index (χ4v) is 2.80. The van der Waals surface area contributed by atoms with E-state index >= 15 is 0 Å². The van der Waals surface area contributed by atoms with Crippen LogP contribution in [0.1, 0.15) is 30.6 Å². The fraction of sp³-hybridized carbons (Fsp3) is 0.438. The van der Waals surface area contributed by atoms with Crippen molar-refractivity contribution in [2.24, 2.45) is 5.92 Å². The molecule has 0 radical (unpaired) electrons. The Morgan fingerprint density at radius 3 is 2.65 bits per heavy atom. The maximum Gasteiger partial charge on any atom is 0.414 e. The summed E-state index contributed by atoms with van der Waals surface area (Å²) in [6.07, 6.45) is -0.642. The molecule has 1 atom stereocenters. The Bertz CT molecular complexity index is 643. The zero-order valence-electron chi connectivity index (χ0n) is 13.2. The molecule has 0 spiro atoms. The van der Waals surface area contributed by atoms with E-state index in [1.807, 2.05) is 0 Å². The lowest BCUT2D eigenvalue weighted by Gasteiger charge is -2.23. The number of carbonyl (C=O) groups is 3. The average Bonchev–Trinajstić information content (AvgIpc) is 2.62. The van der Waals surface area contributed by atoms with Gasteiger partial charge >= 0.3 is 12.1 Å². The van der Waals surface area contributed by atoms with Gasteiger partial charge in [0.2, 0.25) is 0 Å². The first kappa shape index (κ1) is 17.5. The highest BCUT2D eigenvalue weighted by Crippen LogP contribution is 2.32. The van der Waals surface area contributed by atoms with Gasteiger partial charge in [0.05, 0.1) is 18.9 Å². The van der Waals surface area contributed by atoms with E-state index in [9.17, 15) is 14.4 Å². The molecule has 1 aliphatic rings. The van der Waals surface area contributed by atoms with E-state index in [-0.39, 0.29) is 24.9 Å². The summed E-state index contributed by atoms with van der Waals surface area (Å²) in [6, 6.07) is 4.97. The number of methoxy groups -OCH3 is 1. The lowest BCUT2D eigenvalue weighted by atomic mass is 9.95. The Hall–Kier alpha value is -1.89. The van der Waals surface area contributed by atoms with Crippen LogP contribution in [0, 0.1) is 5.92 Å². The average molecular weight is 384 g/mol. The minimum atomic E-state index is -0.920. The second kappa shape index (κ2) is 7.12. The van der Waals surface area contributed by atoms with E-state index in [0.29, 0.717) is 11.3 Å². The predicted molar refractivity (Wildman–Crippen MR) is 87.6 cm³/mol. The number of halogens is 1. The minimum absolute atomic E-state index is 0.186. The second-order valence-corrected chi connectivity index (χ2v) is 6.39. The van der Waals surface area contributed by atoms with Gasteiger partial charge in [0.15, 0.2) is 5.78 Å².